The Hall–Kier alpha value is -3.65. The molecular formula is C25H23ClF2N4O2. The van der Waals surface area contributed by atoms with Crippen molar-refractivity contribution in [3.05, 3.63) is 82.9 Å². The van der Waals surface area contributed by atoms with E-state index in [1.54, 1.807) is 36.4 Å². The van der Waals surface area contributed by atoms with Crippen molar-refractivity contribution in [2.45, 2.75) is 19.3 Å². The third kappa shape index (κ3) is 5.63. The molecule has 3 aromatic carbocycles. The van der Waals surface area contributed by atoms with Crippen LogP contribution < -0.4 is 20.9 Å². The zero-order chi connectivity index (χ0) is 24.1. The van der Waals surface area contributed by atoms with Crippen molar-refractivity contribution in [3.8, 4) is 0 Å². The number of benzene rings is 3. The summed E-state index contributed by atoms with van der Waals surface area (Å²) in [7, 11) is 0. The summed E-state index contributed by atoms with van der Waals surface area (Å²) < 4.78 is 27.4. The number of carbonyl (C=O) groups excluding carboxylic acids is 2. The van der Waals surface area contributed by atoms with Gasteiger partial charge in [0.2, 0.25) is 0 Å². The third-order valence-corrected chi connectivity index (χ3v) is 5.82. The second kappa shape index (κ2) is 10.5. The Bertz CT molecular complexity index is 1220. The van der Waals surface area contributed by atoms with Crippen LogP contribution in [0.2, 0.25) is 5.02 Å². The van der Waals surface area contributed by atoms with Crippen LogP contribution >= 0.6 is 11.6 Å². The molecule has 0 radical (unpaired) electrons. The highest BCUT2D eigenvalue weighted by Gasteiger charge is 2.18. The second-order valence-corrected chi connectivity index (χ2v) is 8.32. The highest BCUT2D eigenvalue weighted by molar-refractivity contribution is 6.34. The monoisotopic (exact) mass is 484 g/mol. The van der Waals surface area contributed by atoms with Crippen molar-refractivity contribution in [2.24, 2.45) is 0 Å². The lowest BCUT2D eigenvalue weighted by atomic mass is 10.1. The average Bonchev–Trinajstić information content (AvgIpc) is 2.82. The van der Waals surface area contributed by atoms with E-state index < -0.39 is 23.6 Å². The fraction of sp³-hybridized carbons (Fsp3) is 0.200. The number of piperidine rings is 1. The normalized spacial score (nSPS) is 13.3. The molecule has 0 aromatic heterocycles. The van der Waals surface area contributed by atoms with Gasteiger partial charge in [0, 0.05) is 24.8 Å². The number of amides is 3. The van der Waals surface area contributed by atoms with E-state index >= 15 is 0 Å². The molecule has 9 heteroatoms. The number of halogens is 3. The number of carbonyl (C=O) groups is 2. The molecule has 1 heterocycles. The molecular weight excluding hydrogens is 462 g/mol. The van der Waals surface area contributed by atoms with Gasteiger partial charge in [-0.2, -0.15) is 0 Å². The minimum absolute atomic E-state index is 0.278. The molecule has 3 N–H and O–H groups in total. The van der Waals surface area contributed by atoms with Crippen molar-refractivity contribution in [1.29, 1.82) is 0 Å². The SMILES string of the molecule is O=C(Nc1cc(F)ccc1F)Nc1cc(NC(=O)c2ccccc2Cl)ccc1N1CCCCC1. The van der Waals surface area contributed by atoms with Crippen LogP contribution in [0.1, 0.15) is 29.6 Å². The van der Waals surface area contributed by atoms with E-state index in [4.69, 9.17) is 11.6 Å². The fourth-order valence-electron chi connectivity index (χ4n) is 3.84. The maximum Gasteiger partial charge on any atom is 0.323 e. The van der Waals surface area contributed by atoms with Crippen molar-refractivity contribution in [3.63, 3.8) is 0 Å². The van der Waals surface area contributed by atoms with Gasteiger partial charge in [-0.25, -0.2) is 13.6 Å². The Kier molecular flexibility index (Phi) is 7.27. The van der Waals surface area contributed by atoms with E-state index in [1.807, 2.05) is 6.07 Å². The predicted molar refractivity (Wildman–Crippen MR) is 131 cm³/mol. The summed E-state index contributed by atoms with van der Waals surface area (Å²) in [6.07, 6.45) is 3.17. The maximum absolute atomic E-state index is 14.0. The molecule has 0 unspecified atom stereocenters. The van der Waals surface area contributed by atoms with Crippen LogP contribution in [0.25, 0.3) is 0 Å². The number of hydrogen-bond donors (Lipinski definition) is 3. The number of anilines is 4. The number of hydrogen-bond acceptors (Lipinski definition) is 3. The summed E-state index contributed by atoms with van der Waals surface area (Å²) >= 11 is 6.12. The Labute approximate surface area is 200 Å². The van der Waals surface area contributed by atoms with Gasteiger partial charge in [0.05, 0.1) is 27.6 Å². The molecule has 176 valence electrons. The molecule has 0 saturated carbocycles. The Morgan fingerprint density at radius 3 is 2.32 bits per heavy atom. The highest BCUT2D eigenvalue weighted by atomic mass is 35.5. The van der Waals surface area contributed by atoms with Crippen molar-refractivity contribution >= 4 is 46.3 Å². The van der Waals surface area contributed by atoms with Gasteiger partial charge in [-0.05, 0) is 61.7 Å². The van der Waals surface area contributed by atoms with Crippen LogP contribution in [0.4, 0.5) is 36.3 Å². The van der Waals surface area contributed by atoms with Gasteiger partial charge < -0.3 is 20.9 Å². The fourth-order valence-corrected chi connectivity index (χ4v) is 4.06. The zero-order valence-corrected chi connectivity index (χ0v) is 19.0. The van der Waals surface area contributed by atoms with Gasteiger partial charge >= 0.3 is 6.03 Å². The van der Waals surface area contributed by atoms with E-state index in [2.05, 4.69) is 20.9 Å². The van der Waals surface area contributed by atoms with E-state index in [9.17, 15) is 18.4 Å². The molecule has 0 bridgehead atoms. The van der Waals surface area contributed by atoms with Crippen LogP contribution in [-0.4, -0.2) is 25.0 Å². The molecule has 1 fully saturated rings. The van der Waals surface area contributed by atoms with Crippen molar-refractivity contribution in [2.75, 3.05) is 33.9 Å². The summed E-state index contributed by atoms with van der Waals surface area (Å²) in [4.78, 5) is 27.5. The first-order valence-corrected chi connectivity index (χ1v) is 11.3. The molecule has 0 spiro atoms. The lowest BCUT2D eigenvalue weighted by molar-refractivity contribution is 0.102. The molecule has 1 saturated heterocycles. The van der Waals surface area contributed by atoms with Crippen LogP contribution in [0.5, 0.6) is 0 Å². The third-order valence-electron chi connectivity index (χ3n) is 5.49. The molecule has 4 rings (SSSR count). The smallest absolute Gasteiger partial charge is 0.323 e. The molecule has 3 aromatic rings. The van der Waals surface area contributed by atoms with Crippen LogP contribution in [-0.2, 0) is 0 Å². The lowest BCUT2D eigenvalue weighted by Crippen LogP contribution is -2.31. The lowest BCUT2D eigenvalue weighted by Gasteiger charge is -2.31. The first-order valence-electron chi connectivity index (χ1n) is 10.9. The molecule has 3 amide bonds. The first kappa shape index (κ1) is 23.5. The topological polar surface area (TPSA) is 73.5 Å². The van der Waals surface area contributed by atoms with Gasteiger partial charge in [-0.1, -0.05) is 23.7 Å². The van der Waals surface area contributed by atoms with E-state index in [0.717, 1.165) is 56.2 Å². The zero-order valence-electron chi connectivity index (χ0n) is 18.2. The summed E-state index contributed by atoms with van der Waals surface area (Å²) in [6, 6.07) is 13.9. The van der Waals surface area contributed by atoms with Gasteiger partial charge in [0.25, 0.3) is 5.91 Å². The maximum atomic E-state index is 14.0. The quantitative estimate of drug-likeness (QED) is 0.386. The van der Waals surface area contributed by atoms with E-state index in [-0.39, 0.29) is 5.69 Å². The second-order valence-electron chi connectivity index (χ2n) is 7.92. The van der Waals surface area contributed by atoms with Gasteiger partial charge in [0.1, 0.15) is 11.6 Å². The molecule has 34 heavy (non-hydrogen) atoms. The average molecular weight is 485 g/mol. The standard InChI is InChI=1S/C25H23ClF2N4O2/c26-19-7-3-2-6-18(19)24(33)29-17-9-11-23(32-12-4-1-5-13-32)22(15-17)31-25(34)30-21-14-16(27)8-10-20(21)28/h2-3,6-11,14-15H,1,4-5,12-13H2,(H,29,33)(H2,30,31,34). The Balaban J connectivity index is 1.58. The van der Waals surface area contributed by atoms with Crippen molar-refractivity contribution < 1.29 is 18.4 Å². The van der Waals surface area contributed by atoms with Crippen LogP contribution in [0.15, 0.2) is 60.7 Å². The molecule has 1 aliphatic heterocycles. The molecule has 1 aliphatic rings. The minimum atomic E-state index is -0.756. The summed E-state index contributed by atoms with van der Waals surface area (Å²) in [5, 5.41) is 8.15. The van der Waals surface area contributed by atoms with E-state index in [0.29, 0.717) is 22.0 Å². The summed E-state index contributed by atoms with van der Waals surface area (Å²) in [5.41, 5.74) is 1.68. The number of urea groups is 1. The number of nitrogens with zero attached hydrogens (tertiary/aromatic N) is 1. The van der Waals surface area contributed by atoms with Crippen LogP contribution in [0, 0.1) is 11.6 Å². The first-order chi connectivity index (χ1) is 16.4. The van der Waals surface area contributed by atoms with Crippen molar-refractivity contribution in [1.82, 2.24) is 0 Å². The minimum Gasteiger partial charge on any atom is -0.370 e. The van der Waals surface area contributed by atoms with E-state index in [1.165, 1.54) is 0 Å². The number of rotatable bonds is 5. The molecule has 0 atom stereocenters. The predicted octanol–water partition coefficient (Wildman–Crippen LogP) is 6.50. The Morgan fingerprint density at radius 1 is 0.824 bits per heavy atom. The molecule has 0 aliphatic carbocycles. The summed E-state index contributed by atoms with van der Waals surface area (Å²) in [5.74, 6) is -1.82. The van der Waals surface area contributed by atoms with Crippen LogP contribution in [0.3, 0.4) is 0 Å². The highest BCUT2D eigenvalue weighted by Crippen LogP contribution is 2.32. The summed E-state index contributed by atoms with van der Waals surface area (Å²) in [6.45, 7) is 1.64. The van der Waals surface area contributed by atoms with Gasteiger partial charge in [-0.15, -0.1) is 0 Å². The van der Waals surface area contributed by atoms with Gasteiger partial charge in [0.15, 0.2) is 0 Å². The number of nitrogens with one attached hydrogen (secondary N) is 3. The Morgan fingerprint density at radius 2 is 1.56 bits per heavy atom. The largest absolute Gasteiger partial charge is 0.370 e. The molecule has 6 nitrogen and oxygen atoms in total. The van der Waals surface area contributed by atoms with Gasteiger partial charge in [-0.3, -0.25) is 4.79 Å².